The van der Waals surface area contributed by atoms with Crippen LogP contribution >= 0.6 is 11.8 Å². The van der Waals surface area contributed by atoms with E-state index in [1.807, 2.05) is 35.2 Å². The number of esters is 1. The van der Waals surface area contributed by atoms with E-state index in [1.54, 1.807) is 7.05 Å². The minimum Gasteiger partial charge on any atom is -0.465 e. The summed E-state index contributed by atoms with van der Waals surface area (Å²) in [5.41, 5.74) is 1.14. The Kier molecular flexibility index (Phi) is 7.73. The van der Waals surface area contributed by atoms with Crippen molar-refractivity contribution >= 4 is 34.8 Å². The molecule has 0 bridgehead atoms. The number of fused-ring (bicyclic) bond motifs is 1. The van der Waals surface area contributed by atoms with Gasteiger partial charge in [0.1, 0.15) is 0 Å². The largest absolute Gasteiger partial charge is 0.465 e. The van der Waals surface area contributed by atoms with Crippen molar-refractivity contribution in [1.82, 2.24) is 15.1 Å². The smallest absolute Gasteiger partial charge is 0.325 e. The number of carbonyl (C=O) groups is 3. The molecule has 0 saturated carbocycles. The van der Waals surface area contributed by atoms with Crippen LogP contribution in [-0.4, -0.2) is 71.0 Å². The first-order valence-corrected chi connectivity index (χ1v) is 11.2. The highest BCUT2D eigenvalue weighted by atomic mass is 32.2. The predicted octanol–water partition coefficient (Wildman–Crippen LogP) is 2.24. The number of thioether (sulfide) groups is 1. The molecule has 1 saturated heterocycles. The number of ether oxygens (including phenoxy) is 1. The van der Waals surface area contributed by atoms with Crippen molar-refractivity contribution in [1.29, 1.82) is 0 Å². The van der Waals surface area contributed by atoms with Gasteiger partial charge in [-0.1, -0.05) is 61.9 Å². The highest BCUT2D eigenvalue weighted by Gasteiger charge is 2.48. The molecule has 8 nitrogen and oxygen atoms in total. The van der Waals surface area contributed by atoms with Crippen LogP contribution in [0, 0.1) is 0 Å². The number of amidine groups is 1. The van der Waals surface area contributed by atoms with Crippen LogP contribution in [0.3, 0.4) is 0 Å². The van der Waals surface area contributed by atoms with Gasteiger partial charge >= 0.3 is 12.0 Å². The lowest BCUT2D eigenvalue weighted by atomic mass is 10.1. The zero-order valence-electron chi connectivity index (χ0n) is 17.4. The third-order valence-corrected chi connectivity index (χ3v) is 6.11. The van der Waals surface area contributed by atoms with Gasteiger partial charge in [0.15, 0.2) is 17.4 Å². The van der Waals surface area contributed by atoms with Crippen molar-refractivity contribution in [2.24, 2.45) is 4.99 Å². The Balaban J connectivity index is 1.66. The van der Waals surface area contributed by atoms with E-state index in [-0.39, 0.29) is 17.6 Å². The lowest BCUT2D eigenvalue weighted by Gasteiger charge is -2.36. The molecule has 1 N–H and O–H groups in total. The van der Waals surface area contributed by atoms with Gasteiger partial charge in [-0.15, -0.1) is 0 Å². The van der Waals surface area contributed by atoms with Gasteiger partial charge in [-0.3, -0.25) is 14.9 Å². The number of aliphatic imine (C=N–C) groups is 1. The predicted molar refractivity (Wildman–Crippen MR) is 116 cm³/mol. The fourth-order valence-electron chi connectivity index (χ4n) is 3.45. The summed E-state index contributed by atoms with van der Waals surface area (Å²) in [5.74, 6) is -0.547. The normalized spacial score (nSPS) is 20.7. The number of benzene rings is 1. The van der Waals surface area contributed by atoms with Gasteiger partial charge in [0.2, 0.25) is 0 Å². The van der Waals surface area contributed by atoms with Crippen LogP contribution in [0.4, 0.5) is 4.79 Å². The van der Waals surface area contributed by atoms with Crippen molar-refractivity contribution in [2.45, 2.75) is 44.8 Å². The molecule has 2 unspecified atom stereocenters. The molecule has 1 fully saturated rings. The molecule has 0 spiro atoms. The van der Waals surface area contributed by atoms with E-state index in [4.69, 9.17) is 4.74 Å². The standard InChI is InChI=1S/C21H28N4O4S/c1-3-4-8-13-29-16(26)14-30-21-22-18-17(19(27)23-20(28)24(18)2)25(21)12-11-15-9-6-5-7-10-15/h5-7,9-10,17-18H,3-4,8,11-14H2,1-2H3,(H,23,27,28). The average molecular weight is 433 g/mol. The first-order chi connectivity index (χ1) is 14.5. The van der Waals surface area contributed by atoms with Crippen molar-refractivity contribution in [2.75, 3.05) is 26.0 Å². The van der Waals surface area contributed by atoms with Crippen LogP contribution < -0.4 is 5.32 Å². The molecule has 1 aromatic carbocycles. The zero-order valence-corrected chi connectivity index (χ0v) is 18.2. The van der Waals surface area contributed by atoms with Crippen LogP contribution in [0.25, 0.3) is 0 Å². The van der Waals surface area contributed by atoms with E-state index in [2.05, 4.69) is 17.2 Å². The highest BCUT2D eigenvalue weighted by Crippen LogP contribution is 2.28. The fourth-order valence-corrected chi connectivity index (χ4v) is 4.34. The topological polar surface area (TPSA) is 91.3 Å². The molecular weight excluding hydrogens is 404 g/mol. The number of amides is 3. The number of imide groups is 1. The second-order valence-electron chi connectivity index (χ2n) is 7.32. The molecule has 0 aromatic heterocycles. The molecule has 2 aliphatic heterocycles. The molecule has 162 valence electrons. The van der Waals surface area contributed by atoms with E-state index in [1.165, 1.54) is 16.7 Å². The summed E-state index contributed by atoms with van der Waals surface area (Å²) >= 11 is 1.25. The fraction of sp³-hybridized carbons (Fsp3) is 0.524. The lowest BCUT2D eigenvalue weighted by molar-refractivity contribution is -0.140. The second-order valence-corrected chi connectivity index (χ2v) is 8.26. The van der Waals surface area contributed by atoms with E-state index in [9.17, 15) is 14.4 Å². The summed E-state index contributed by atoms with van der Waals surface area (Å²) in [6.45, 7) is 3.07. The highest BCUT2D eigenvalue weighted by molar-refractivity contribution is 8.14. The van der Waals surface area contributed by atoms with E-state index in [0.29, 0.717) is 18.3 Å². The van der Waals surface area contributed by atoms with E-state index in [0.717, 1.165) is 31.2 Å². The van der Waals surface area contributed by atoms with Gasteiger partial charge in [0, 0.05) is 13.6 Å². The average Bonchev–Trinajstić information content (AvgIpc) is 3.12. The Hall–Kier alpha value is -2.55. The minimum atomic E-state index is -0.598. The summed E-state index contributed by atoms with van der Waals surface area (Å²) in [7, 11) is 1.62. The summed E-state index contributed by atoms with van der Waals surface area (Å²) in [4.78, 5) is 44.6. The van der Waals surface area contributed by atoms with Gasteiger partial charge in [0.25, 0.3) is 5.91 Å². The van der Waals surface area contributed by atoms with Crippen LogP contribution in [0.1, 0.15) is 31.7 Å². The minimum absolute atomic E-state index is 0.117. The molecule has 2 heterocycles. The van der Waals surface area contributed by atoms with Crippen molar-refractivity contribution < 1.29 is 19.1 Å². The number of nitrogens with one attached hydrogen (secondary N) is 1. The Morgan fingerprint density at radius 2 is 2.00 bits per heavy atom. The number of urea groups is 1. The third kappa shape index (κ3) is 5.33. The Morgan fingerprint density at radius 3 is 2.73 bits per heavy atom. The molecule has 0 aliphatic carbocycles. The summed E-state index contributed by atoms with van der Waals surface area (Å²) in [6, 6.07) is 8.90. The van der Waals surface area contributed by atoms with Gasteiger partial charge in [0.05, 0.1) is 12.4 Å². The number of hydrogen-bond donors (Lipinski definition) is 1. The van der Waals surface area contributed by atoms with Gasteiger partial charge in [-0.05, 0) is 18.4 Å². The SMILES string of the molecule is CCCCCOC(=O)CSC1=NC2C(C(=O)NC(=O)N2C)N1CCc1ccccc1. The zero-order chi connectivity index (χ0) is 21.5. The quantitative estimate of drug-likeness (QED) is 0.475. The number of rotatable bonds is 9. The molecule has 9 heteroatoms. The Morgan fingerprint density at radius 1 is 1.23 bits per heavy atom. The number of unbranched alkanes of at least 4 members (excludes halogenated alkanes) is 2. The number of hydrogen-bond acceptors (Lipinski definition) is 7. The van der Waals surface area contributed by atoms with Crippen LogP contribution in [-0.2, 0) is 20.7 Å². The van der Waals surface area contributed by atoms with Crippen LogP contribution in [0.15, 0.2) is 35.3 Å². The first kappa shape index (κ1) is 22.1. The summed E-state index contributed by atoms with van der Waals surface area (Å²) in [5, 5.41) is 2.97. The molecule has 0 radical (unpaired) electrons. The van der Waals surface area contributed by atoms with Crippen LogP contribution in [0.2, 0.25) is 0 Å². The first-order valence-electron chi connectivity index (χ1n) is 10.3. The van der Waals surface area contributed by atoms with E-state index < -0.39 is 18.2 Å². The molecular formula is C21H28N4O4S. The number of nitrogens with zero attached hydrogens (tertiary/aromatic N) is 3. The molecule has 30 heavy (non-hydrogen) atoms. The second kappa shape index (κ2) is 10.5. The number of carbonyl (C=O) groups excluding carboxylic acids is 3. The van der Waals surface area contributed by atoms with Gasteiger partial charge in [-0.2, -0.15) is 0 Å². The molecule has 1 aromatic rings. The third-order valence-electron chi connectivity index (χ3n) is 5.14. The molecule has 3 amide bonds. The summed E-state index contributed by atoms with van der Waals surface area (Å²) < 4.78 is 5.27. The van der Waals surface area contributed by atoms with Crippen molar-refractivity contribution in [3.8, 4) is 0 Å². The monoisotopic (exact) mass is 432 g/mol. The maximum atomic E-state index is 12.6. The van der Waals surface area contributed by atoms with Crippen molar-refractivity contribution in [3.05, 3.63) is 35.9 Å². The van der Waals surface area contributed by atoms with Crippen molar-refractivity contribution in [3.63, 3.8) is 0 Å². The van der Waals surface area contributed by atoms with E-state index >= 15 is 0 Å². The molecule has 2 aliphatic rings. The molecule has 2 atom stereocenters. The lowest BCUT2D eigenvalue weighted by Crippen LogP contribution is -2.63. The Bertz CT molecular complexity index is 801. The maximum absolute atomic E-state index is 12.6. The summed E-state index contributed by atoms with van der Waals surface area (Å²) in [6.07, 6.45) is 3.07. The number of likely N-dealkylation sites (N-methyl/N-ethyl adjacent to an activating group) is 1. The van der Waals surface area contributed by atoms with Gasteiger partial charge < -0.3 is 14.5 Å². The maximum Gasteiger partial charge on any atom is 0.325 e. The Labute approximate surface area is 181 Å². The van der Waals surface area contributed by atoms with Crippen LogP contribution in [0.5, 0.6) is 0 Å². The molecule has 3 rings (SSSR count). The van der Waals surface area contributed by atoms with Gasteiger partial charge in [-0.25, -0.2) is 9.79 Å².